The molecule has 11 heteroatoms. The first-order valence-electron chi connectivity index (χ1n) is 10.3. The Morgan fingerprint density at radius 1 is 1.00 bits per heavy atom. The molecule has 0 saturated carbocycles. The van der Waals surface area contributed by atoms with Crippen LogP contribution in [0, 0.1) is 0 Å². The van der Waals surface area contributed by atoms with Gasteiger partial charge in [0.2, 0.25) is 15.9 Å². The Morgan fingerprint density at radius 2 is 1.67 bits per heavy atom. The zero-order chi connectivity index (χ0) is 23.6. The van der Waals surface area contributed by atoms with Crippen molar-refractivity contribution < 1.29 is 22.7 Å². The Hall–Kier alpha value is -3.57. The van der Waals surface area contributed by atoms with Crippen molar-refractivity contribution in [1.29, 1.82) is 0 Å². The minimum Gasteiger partial charge on any atom is -0.454 e. The third-order valence-corrected chi connectivity index (χ3v) is 7.34. The molecule has 1 saturated heterocycles. The third-order valence-electron chi connectivity index (χ3n) is 5.42. The monoisotopic (exact) mass is 469 g/mol. The number of para-hydroxylation sites is 1. The number of esters is 1. The van der Waals surface area contributed by atoms with Crippen LogP contribution in [0.2, 0.25) is 0 Å². The highest BCUT2D eigenvalue weighted by atomic mass is 32.2. The molecular weight excluding hydrogens is 446 g/mol. The highest BCUT2D eigenvalue weighted by Crippen LogP contribution is 2.20. The molecule has 1 aliphatic heterocycles. The molecule has 1 aliphatic rings. The fraction of sp³-hybridized carbons (Fsp3) is 0.273. The topological polar surface area (TPSA) is 136 Å². The van der Waals surface area contributed by atoms with Gasteiger partial charge in [0.15, 0.2) is 12.4 Å². The quantitative estimate of drug-likeness (QED) is 0.554. The Bertz CT molecular complexity index is 1300. The van der Waals surface area contributed by atoms with Crippen LogP contribution in [0.5, 0.6) is 0 Å². The third kappa shape index (κ3) is 4.78. The number of sulfonamides is 1. The summed E-state index contributed by atoms with van der Waals surface area (Å²) in [5.41, 5.74) is 6.79. The van der Waals surface area contributed by atoms with Crippen molar-refractivity contribution in [3.63, 3.8) is 0 Å². The maximum Gasteiger partial charge on any atom is 0.338 e. The first kappa shape index (κ1) is 22.6. The number of carbonyl (C=O) groups excluding carboxylic acids is 2. The summed E-state index contributed by atoms with van der Waals surface area (Å²) in [7, 11) is -3.73. The maximum absolute atomic E-state index is 12.9. The number of hydrogen-bond donors (Lipinski definition) is 1. The molecule has 2 N–H and O–H groups in total. The average molecular weight is 470 g/mol. The number of anilines is 1. The normalized spacial score (nSPS) is 14.9. The Morgan fingerprint density at radius 3 is 2.33 bits per heavy atom. The summed E-state index contributed by atoms with van der Waals surface area (Å²) < 4.78 is 32.4. The van der Waals surface area contributed by atoms with E-state index in [4.69, 9.17) is 10.5 Å². The predicted octanol–water partition coefficient (Wildman–Crippen LogP) is 1.42. The van der Waals surface area contributed by atoms with Gasteiger partial charge in [0, 0.05) is 38.5 Å². The molecule has 0 atom stereocenters. The molecular formula is C22H23N5O5S. The van der Waals surface area contributed by atoms with Gasteiger partial charge in [-0.15, -0.1) is 0 Å². The van der Waals surface area contributed by atoms with Crippen LogP contribution in [-0.2, 0) is 26.2 Å². The molecule has 0 radical (unpaired) electrons. The second-order valence-electron chi connectivity index (χ2n) is 7.55. The second-order valence-corrected chi connectivity index (χ2v) is 9.49. The lowest BCUT2D eigenvalue weighted by Crippen LogP contribution is -2.49. The molecule has 1 amide bonds. The van der Waals surface area contributed by atoms with Crippen LogP contribution < -0.4 is 5.73 Å². The van der Waals surface area contributed by atoms with Crippen molar-refractivity contribution in [3.05, 3.63) is 59.9 Å². The van der Waals surface area contributed by atoms with E-state index in [0.717, 1.165) is 0 Å². The Kier molecular flexibility index (Phi) is 6.25. The highest BCUT2D eigenvalue weighted by Gasteiger charge is 2.29. The minimum atomic E-state index is -3.73. The number of nitrogens with zero attached hydrogens (tertiary/aromatic N) is 4. The molecule has 0 aliphatic carbocycles. The van der Waals surface area contributed by atoms with Gasteiger partial charge < -0.3 is 15.4 Å². The lowest BCUT2D eigenvalue weighted by Gasteiger charge is -2.33. The van der Waals surface area contributed by atoms with Crippen LogP contribution in [0.3, 0.4) is 0 Å². The molecule has 0 bridgehead atoms. The predicted molar refractivity (Wildman–Crippen MR) is 121 cm³/mol. The van der Waals surface area contributed by atoms with Crippen molar-refractivity contribution in [2.45, 2.75) is 18.4 Å². The van der Waals surface area contributed by atoms with Gasteiger partial charge in [-0.3, -0.25) is 4.79 Å². The van der Waals surface area contributed by atoms with Crippen LogP contribution in [0.15, 0.2) is 53.4 Å². The summed E-state index contributed by atoms with van der Waals surface area (Å²) >= 11 is 0. The van der Waals surface area contributed by atoms with Gasteiger partial charge in [0.05, 0.1) is 16.0 Å². The van der Waals surface area contributed by atoms with Crippen LogP contribution in [0.1, 0.15) is 23.1 Å². The number of benzene rings is 2. The molecule has 33 heavy (non-hydrogen) atoms. The summed E-state index contributed by atoms with van der Waals surface area (Å²) in [6.07, 6.45) is 0. The molecule has 0 spiro atoms. The summed E-state index contributed by atoms with van der Waals surface area (Å²) in [5, 5.41) is 0.715. The average Bonchev–Trinajstić information content (AvgIpc) is 2.82. The first-order valence-corrected chi connectivity index (χ1v) is 11.7. The number of rotatable bonds is 5. The summed E-state index contributed by atoms with van der Waals surface area (Å²) in [4.78, 5) is 34.0. The highest BCUT2D eigenvalue weighted by molar-refractivity contribution is 7.89. The summed E-state index contributed by atoms with van der Waals surface area (Å²) in [6.45, 7) is 2.43. The SMILES string of the molecule is CC(=O)N1CCN(S(=O)(=O)c2ccc(C(=O)OCc3nc(N)c4ccccc4n3)cc2)CC1. The molecule has 1 aromatic heterocycles. The fourth-order valence-electron chi connectivity index (χ4n) is 3.58. The molecule has 10 nitrogen and oxygen atoms in total. The van der Waals surface area contributed by atoms with E-state index < -0.39 is 16.0 Å². The minimum absolute atomic E-state index is 0.0703. The van der Waals surface area contributed by atoms with Crippen molar-refractivity contribution in [2.75, 3.05) is 31.9 Å². The van der Waals surface area contributed by atoms with Gasteiger partial charge in [-0.05, 0) is 36.4 Å². The van der Waals surface area contributed by atoms with Crippen molar-refractivity contribution >= 4 is 38.6 Å². The molecule has 3 aromatic rings. The summed E-state index contributed by atoms with van der Waals surface area (Å²) in [5.74, 6) is -0.148. The Labute approximate surface area is 191 Å². The van der Waals surface area contributed by atoms with Gasteiger partial charge in [-0.2, -0.15) is 4.31 Å². The number of piperazine rings is 1. The number of ether oxygens (including phenoxy) is 1. The van der Waals surface area contributed by atoms with Crippen molar-refractivity contribution in [3.8, 4) is 0 Å². The van der Waals surface area contributed by atoms with Crippen LogP contribution in [0.4, 0.5) is 5.82 Å². The number of nitrogen functional groups attached to an aromatic ring is 1. The second kappa shape index (κ2) is 9.12. The van der Waals surface area contributed by atoms with E-state index >= 15 is 0 Å². The smallest absolute Gasteiger partial charge is 0.338 e. The largest absolute Gasteiger partial charge is 0.454 e. The van der Waals surface area contributed by atoms with E-state index in [0.29, 0.717) is 29.8 Å². The number of fused-ring (bicyclic) bond motifs is 1. The number of amides is 1. The van der Waals surface area contributed by atoms with Crippen LogP contribution in [-0.4, -0.2) is 65.6 Å². The number of nitrogens with two attached hydrogens (primary N) is 1. The fourth-order valence-corrected chi connectivity index (χ4v) is 5.01. The zero-order valence-corrected chi connectivity index (χ0v) is 18.8. The summed E-state index contributed by atoms with van der Waals surface area (Å²) in [6, 6.07) is 12.8. The lowest BCUT2D eigenvalue weighted by molar-refractivity contribution is -0.129. The van der Waals surface area contributed by atoms with E-state index in [9.17, 15) is 18.0 Å². The van der Waals surface area contributed by atoms with Crippen LogP contribution in [0.25, 0.3) is 10.9 Å². The molecule has 172 valence electrons. The molecule has 0 unspecified atom stereocenters. The Balaban J connectivity index is 1.41. The number of hydrogen-bond acceptors (Lipinski definition) is 8. The molecule has 2 aromatic carbocycles. The molecule has 1 fully saturated rings. The van der Waals surface area contributed by atoms with Crippen molar-refractivity contribution in [2.24, 2.45) is 0 Å². The van der Waals surface area contributed by atoms with E-state index in [2.05, 4.69) is 9.97 Å². The lowest BCUT2D eigenvalue weighted by atomic mass is 10.2. The first-order chi connectivity index (χ1) is 15.8. The van der Waals surface area contributed by atoms with Gasteiger partial charge in [0.25, 0.3) is 0 Å². The van der Waals surface area contributed by atoms with Gasteiger partial charge in [-0.25, -0.2) is 23.2 Å². The number of carbonyl (C=O) groups is 2. The van der Waals surface area contributed by atoms with Gasteiger partial charge in [-0.1, -0.05) is 12.1 Å². The van der Waals surface area contributed by atoms with Gasteiger partial charge >= 0.3 is 5.97 Å². The van der Waals surface area contributed by atoms with Crippen LogP contribution >= 0.6 is 0 Å². The van der Waals surface area contributed by atoms with E-state index in [1.54, 1.807) is 17.0 Å². The van der Waals surface area contributed by atoms with E-state index in [1.807, 2.05) is 12.1 Å². The number of aromatic nitrogens is 2. The standard InChI is InChI=1S/C22H23N5O5S/c1-15(28)26-10-12-27(13-11-26)33(30,31)17-8-6-16(7-9-17)22(29)32-14-20-24-19-5-3-2-4-18(19)21(23)25-20/h2-9H,10-14H2,1H3,(H2,23,24,25). The van der Waals surface area contributed by atoms with E-state index in [-0.39, 0.29) is 41.9 Å². The zero-order valence-electron chi connectivity index (χ0n) is 18.0. The maximum atomic E-state index is 12.9. The van der Waals surface area contributed by atoms with Crippen molar-refractivity contribution in [1.82, 2.24) is 19.2 Å². The molecule has 2 heterocycles. The molecule has 4 rings (SSSR count). The van der Waals surface area contributed by atoms with Gasteiger partial charge in [0.1, 0.15) is 5.82 Å². The van der Waals surface area contributed by atoms with E-state index in [1.165, 1.54) is 35.5 Å².